The number of hydrogen-bond acceptors (Lipinski definition) is 5. The molecule has 2 aromatic rings. The van der Waals surface area contributed by atoms with Crippen LogP contribution in [0.25, 0.3) is 0 Å². The van der Waals surface area contributed by atoms with Crippen LogP contribution in [0.4, 0.5) is 5.69 Å². The van der Waals surface area contributed by atoms with E-state index in [1.165, 1.54) is 11.3 Å². The first-order valence-corrected chi connectivity index (χ1v) is 8.28. The third kappa shape index (κ3) is 2.95. The van der Waals surface area contributed by atoms with Crippen molar-refractivity contribution >= 4 is 27.0 Å². The molecule has 0 saturated heterocycles. The van der Waals surface area contributed by atoms with Gasteiger partial charge in [0, 0.05) is 11.4 Å². The van der Waals surface area contributed by atoms with E-state index < -0.39 is 10.0 Å². The molecule has 0 atom stereocenters. The van der Waals surface area contributed by atoms with Crippen molar-refractivity contribution in [3.05, 3.63) is 40.1 Å². The van der Waals surface area contributed by atoms with Gasteiger partial charge in [-0.05, 0) is 42.1 Å². The van der Waals surface area contributed by atoms with Crippen molar-refractivity contribution in [3.63, 3.8) is 0 Å². The Kier molecular flexibility index (Phi) is 4.32. The summed E-state index contributed by atoms with van der Waals surface area (Å²) < 4.78 is 32.4. The van der Waals surface area contributed by atoms with Crippen LogP contribution in [-0.2, 0) is 16.6 Å². The predicted octanol–water partition coefficient (Wildman–Crippen LogP) is 2.32. The lowest BCUT2D eigenvalue weighted by atomic mass is 10.2. The molecule has 0 bridgehead atoms. The van der Waals surface area contributed by atoms with E-state index in [4.69, 9.17) is 10.5 Å². The predicted molar refractivity (Wildman–Crippen MR) is 80.7 cm³/mol. The lowest BCUT2D eigenvalue weighted by molar-refractivity contribution is 0.414. The zero-order valence-corrected chi connectivity index (χ0v) is 12.8. The Morgan fingerprint density at radius 2 is 2.10 bits per heavy atom. The molecule has 2 rings (SSSR count). The van der Waals surface area contributed by atoms with Crippen LogP contribution in [0.5, 0.6) is 5.75 Å². The highest BCUT2D eigenvalue weighted by atomic mass is 32.2. The van der Waals surface area contributed by atoms with E-state index >= 15 is 0 Å². The summed E-state index contributed by atoms with van der Waals surface area (Å²) in [4.78, 5) is 0.879. The van der Waals surface area contributed by atoms with Crippen LogP contribution in [0.3, 0.4) is 0 Å². The molecule has 0 amide bonds. The molecule has 0 saturated carbocycles. The average molecular weight is 312 g/mol. The van der Waals surface area contributed by atoms with Gasteiger partial charge in [0.2, 0.25) is 0 Å². The molecule has 0 radical (unpaired) electrons. The summed E-state index contributed by atoms with van der Waals surface area (Å²) in [5.41, 5.74) is 6.87. The second-order valence-electron chi connectivity index (χ2n) is 4.20. The summed E-state index contributed by atoms with van der Waals surface area (Å²) >= 11 is 1.33. The number of ether oxygens (including phenoxy) is 1. The highest BCUT2D eigenvalue weighted by Gasteiger charge is 2.19. The van der Waals surface area contributed by atoms with Crippen molar-refractivity contribution in [1.82, 2.24) is 0 Å². The van der Waals surface area contributed by atoms with Crippen molar-refractivity contribution in [2.75, 3.05) is 11.8 Å². The van der Waals surface area contributed by atoms with Crippen LogP contribution in [0.1, 0.15) is 10.4 Å². The van der Waals surface area contributed by atoms with Gasteiger partial charge < -0.3 is 10.5 Å². The molecule has 0 spiro atoms. The third-order valence-corrected chi connectivity index (χ3v) is 5.38. The molecular weight excluding hydrogens is 296 g/mol. The number of benzene rings is 1. The van der Waals surface area contributed by atoms with Gasteiger partial charge in [0.15, 0.2) is 0 Å². The number of thiophene rings is 1. The lowest BCUT2D eigenvalue weighted by Crippen LogP contribution is -2.15. The van der Waals surface area contributed by atoms with E-state index in [9.17, 15) is 8.42 Å². The third-order valence-electron chi connectivity index (χ3n) is 2.86. The minimum atomic E-state index is -3.62. The normalized spacial score (nSPS) is 11.3. The first kappa shape index (κ1) is 14.8. The number of anilines is 1. The fraction of sp³-hybridized carbons (Fsp3) is 0.231. The van der Waals surface area contributed by atoms with E-state index in [0.717, 1.165) is 5.56 Å². The van der Waals surface area contributed by atoms with E-state index in [-0.39, 0.29) is 11.4 Å². The Hall–Kier alpha value is -1.57. The van der Waals surface area contributed by atoms with Gasteiger partial charge in [-0.15, -0.1) is 11.3 Å². The molecular formula is C13H16N2O3S2. The standard InChI is InChI=1S/C13H16N2O3S2/c1-9-7-10(18-2)3-4-11(9)15-20(16,17)13-5-6-19-12(13)8-14/h3-7,15H,8,14H2,1-2H3. The van der Waals surface area contributed by atoms with Gasteiger partial charge in [0.25, 0.3) is 10.0 Å². The van der Waals surface area contributed by atoms with Crippen LogP contribution < -0.4 is 15.2 Å². The molecule has 1 aromatic heterocycles. The highest BCUT2D eigenvalue weighted by Crippen LogP contribution is 2.27. The van der Waals surface area contributed by atoms with E-state index in [1.54, 1.807) is 36.8 Å². The van der Waals surface area contributed by atoms with Gasteiger partial charge in [-0.2, -0.15) is 0 Å². The molecule has 3 N–H and O–H groups in total. The minimum Gasteiger partial charge on any atom is -0.497 e. The van der Waals surface area contributed by atoms with Gasteiger partial charge in [0.05, 0.1) is 12.8 Å². The zero-order valence-electron chi connectivity index (χ0n) is 11.2. The second kappa shape index (κ2) is 5.82. The Morgan fingerprint density at radius 3 is 2.70 bits per heavy atom. The molecule has 0 aliphatic rings. The van der Waals surface area contributed by atoms with Gasteiger partial charge in [-0.25, -0.2) is 8.42 Å². The van der Waals surface area contributed by atoms with Crippen LogP contribution in [0.2, 0.25) is 0 Å². The van der Waals surface area contributed by atoms with Gasteiger partial charge in [-0.3, -0.25) is 4.72 Å². The molecule has 5 nitrogen and oxygen atoms in total. The summed E-state index contributed by atoms with van der Waals surface area (Å²) in [5.74, 6) is 0.684. The van der Waals surface area contributed by atoms with E-state index in [1.807, 2.05) is 6.92 Å². The zero-order chi connectivity index (χ0) is 14.8. The SMILES string of the molecule is COc1ccc(NS(=O)(=O)c2ccsc2CN)c(C)c1. The van der Waals surface area contributed by atoms with Crippen LogP contribution in [0, 0.1) is 6.92 Å². The molecule has 7 heteroatoms. The average Bonchev–Trinajstić information content (AvgIpc) is 2.90. The summed E-state index contributed by atoms with van der Waals surface area (Å²) in [6.45, 7) is 2.02. The molecule has 20 heavy (non-hydrogen) atoms. The number of hydrogen-bond donors (Lipinski definition) is 2. The van der Waals surface area contributed by atoms with Gasteiger partial charge in [0.1, 0.15) is 10.6 Å². The Bertz CT molecular complexity index is 708. The number of nitrogens with two attached hydrogens (primary N) is 1. The topological polar surface area (TPSA) is 81.4 Å². The van der Waals surface area contributed by atoms with Crippen LogP contribution in [-0.4, -0.2) is 15.5 Å². The fourth-order valence-corrected chi connectivity index (χ4v) is 4.26. The van der Waals surface area contributed by atoms with Crippen molar-refractivity contribution < 1.29 is 13.2 Å². The van der Waals surface area contributed by atoms with Crippen LogP contribution >= 0.6 is 11.3 Å². The summed E-state index contributed by atoms with van der Waals surface area (Å²) in [5, 5.41) is 1.72. The fourth-order valence-electron chi connectivity index (χ4n) is 1.79. The largest absolute Gasteiger partial charge is 0.497 e. The summed E-state index contributed by atoms with van der Waals surface area (Å²) in [7, 11) is -2.05. The molecule has 1 aromatic carbocycles. The number of rotatable bonds is 5. The van der Waals surface area contributed by atoms with Crippen molar-refractivity contribution in [2.24, 2.45) is 5.73 Å². The lowest BCUT2D eigenvalue weighted by Gasteiger charge is -2.11. The maximum absolute atomic E-state index is 12.4. The van der Waals surface area contributed by atoms with Crippen molar-refractivity contribution in [1.29, 1.82) is 0 Å². The van der Waals surface area contributed by atoms with Crippen molar-refractivity contribution in [2.45, 2.75) is 18.4 Å². The Labute approximate surface area is 122 Å². The molecule has 108 valence electrons. The Balaban J connectivity index is 2.34. The molecule has 1 heterocycles. The molecule has 0 aliphatic heterocycles. The number of nitrogens with one attached hydrogen (secondary N) is 1. The van der Waals surface area contributed by atoms with Crippen molar-refractivity contribution in [3.8, 4) is 5.75 Å². The number of aryl methyl sites for hydroxylation is 1. The van der Waals surface area contributed by atoms with Crippen LogP contribution in [0.15, 0.2) is 34.5 Å². The maximum atomic E-state index is 12.4. The molecule has 0 aliphatic carbocycles. The smallest absolute Gasteiger partial charge is 0.263 e. The van der Waals surface area contributed by atoms with Gasteiger partial charge >= 0.3 is 0 Å². The summed E-state index contributed by atoms with van der Waals surface area (Å²) in [6.07, 6.45) is 0. The monoisotopic (exact) mass is 312 g/mol. The van der Waals surface area contributed by atoms with E-state index in [2.05, 4.69) is 4.72 Å². The second-order valence-corrected chi connectivity index (χ2v) is 6.85. The number of sulfonamides is 1. The first-order valence-electron chi connectivity index (χ1n) is 5.92. The summed E-state index contributed by atoms with van der Waals surface area (Å²) in [6, 6.07) is 6.73. The van der Waals surface area contributed by atoms with Gasteiger partial charge in [-0.1, -0.05) is 0 Å². The highest BCUT2D eigenvalue weighted by molar-refractivity contribution is 7.93. The first-order chi connectivity index (χ1) is 9.47. The minimum absolute atomic E-state index is 0.204. The van der Waals surface area contributed by atoms with E-state index in [0.29, 0.717) is 16.3 Å². The quantitative estimate of drug-likeness (QED) is 0.888. The molecule has 0 unspecified atom stereocenters. The Morgan fingerprint density at radius 1 is 1.35 bits per heavy atom. The number of methoxy groups -OCH3 is 1. The molecule has 0 fully saturated rings. The maximum Gasteiger partial charge on any atom is 0.263 e.